The first-order valence-corrected chi connectivity index (χ1v) is 16.8. The second kappa shape index (κ2) is 15.4. The molecule has 3 aromatic carbocycles. The SMILES string of the molecule is COc1ccc([C@@H](Cc2c(Cl)c[n+]([O-])cc2Cl)OC(=O)c2cccc(CN(C(=O)O[C@H]3CN4CCC3CC4)c3ccccc3)c2)cc1OC. The number of amides is 1. The summed E-state index contributed by atoms with van der Waals surface area (Å²) in [6.45, 7) is 3.01. The first-order valence-electron chi connectivity index (χ1n) is 16.1. The minimum absolute atomic E-state index is 0.0760. The van der Waals surface area contributed by atoms with E-state index < -0.39 is 18.2 Å². The molecule has 1 aromatic heterocycles. The molecule has 2 atom stereocenters. The average Bonchev–Trinajstić information content (AvgIpc) is 3.12. The van der Waals surface area contributed by atoms with E-state index in [1.54, 1.807) is 41.3 Å². The van der Waals surface area contributed by atoms with Gasteiger partial charge in [0, 0.05) is 24.2 Å². The number of aromatic nitrogens is 1. The molecule has 49 heavy (non-hydrogen) atoms. The summed E-state index contributed by atoms with van der Waals surface area (Å²) >= 11 is 12.8. The van der Waals surface area contributed by atoms with Crippen molar-refractivity contribution in [3.63, 3.8) is 0 Å². The van der Waals surface area contributed by atoms with Gasteiger partial charge in [-0.1, -0.05) is 59.6 Å². The summed E-state index contributed by atoms with van der Waals surface area (Å²) in [7, 11) is 3.04. The van der Waals surface area contributed by atoms with Crippen LogP contribution < -0.4 is 19.1 Å². The van der Waals surface area contributed by atoms with Gasteiger partial charge in [0.1, 0.15) is 22.3 Å². The van der Waals surface area contributed by atoms with Gasteiger partial charge in [-0.25, -0.2) is 9.59 Å². The molecule has 4 heterocycles. The lowest BCUT2D eigenvalue weighted by Crippen LogP contribution is -2.53. The van der Waals surface area contributed by atoms with Crippen LogP contribution in [0.2, 0.25) is 10.0 Å². The zero-order valence-corrected chi connectivity index (χ0v) is 28.7. The van der Waals surface area contributed by atoms with Crippen molar-refractivity contribution in [1.82, 2.24) is 4.90 Å². The lowest BCUT2D eigenvalue weighted by molar-refractivity contribution is -0.605. The maximum atomic E-state index is 13.8. The lowest BCUT2D eigenvalue weighted by atomic mass is 9.86. The largest absolute Gasteiger partial charge is 0.619 e. The van der Waals surface area contributed by atoms with Crippen LogP contribution in [-0.4, -0.2) is 56.9 Å². The highest BCUT2D eigenvalue weighted by Gasteiger charge is 2.37. The van der Waals surface area contributed by atoms with E-state index in [1.807, 2.05) is 36.4 Å². The molecule has 7 rings (SSSR count). The number of esters is 1. The minimum atomic E-state index is -0.870. The molecule has 3 fully saturated rings. The third kappa shape index (κ3) is 8.04. The number of hydrogen-bond acceptors (Lipinski definition) is 8. The molecule has 4 aromatic rings. The van der Waals surface area contributed by atoms with E-state index in [2.05, 4.69) is 4.90 Å². The molecule has 256 valence electrons. The van der Waals surface area contributed by atoms with Gasteiger partial charge >= 0.3 is 12.1 Å². The molecule has 0 unspecified atom stereocenters. The molecule has 3 saturated heterocycles. The molecule has 3 aliphatic rings. The van der Waals surface area contributed by atoms with Gasteiger partial charge in [0.15, 0.2) is 23.9 Å². The summed E-state index contributed by atoms with van der Waals surface area (Å²) in [5.41, 5.74) is 2.72. The molecule has 1 amide bonds. The molecule has 12 heteroatoms. The number of anilines is 1. The number of benzene rings is 3. The number of para-hydroxylation sites is 1. The van der Waals surface area contributed by atoms with E-state index in [9.17, 15) is 14.8 Å². The number of methoxy groups -OCH3 is 2. The molecule has 0 radical (unpaired) electrons. The van der Waals surface area contributed by atoms with Gasteiger partial charge in [-0.15, -0.1) is 0 Å². The Morgan fingerprint density at radius 1 is 0.939 bits per heavy atom. The second-order valence-corrected chi connectivity index (χ2v) is 13.0. The van der Waals surface area contributed by atoms with Crippen LogP contribution in [0.5, 0.6) is 11.5 Å². The van der Waals surface area contributed by atoms with Crippen LogP contribution in [0.4, 0.5) is 10.5 Å². The zero-order chi connectivity index (χ0) is 34.5. The van der Waals surface area contributed by atoms with Crippen molar-refractivity contribution in [3.05, 3.63) is 123 Å². The lowest BCUT2D eigenvalue weighted by Gasteiger charge is -2.44. The highest BCUT2D eigenvalue weighted by Crippen LogP contribution is 2.36. The van der Waals surface area contributed by atoms with E-state index in [1.165, 1.54) is 26.6 Å². The van der Waals surface area contributed by atoms with Crippen molar-refractivity contribution < 1.29 is 33.3 Å². The van der Waals surface area contributed by atoms with E-state index in [4.69, 9.17) is 42.1 Å². The topological polar surface area (TPSA) is 104 Å². The molecule has 0 saturated carbocycles. The predicted octanol–water partition coefficient (Wildman–Crippen LogP) is 7.02. The molecule has 3 aliphatic heterocycles. The smallest absolute Gasteiger partial charge is 0.414 e. The summed E-state index contributed by atoms with van der Waals surface area (Å²) in [6, 6.07) is 21.5. The summed E-state index contributed by atoms with van der Waals surface area (Å²) in [5, 5.41) is 12.2. The van der Waals surface area contributed by atoms with E-state index in [-0.39, 0.29) is 34.7 Å². The first kappa shape index (κ1) is 34.4. The van der Waals surface area contributed by atoms with Crippen molar-refractivity contribution in [3.8, 4) is 11.5 Å². The Labute approximate surface area is 295 Å². The van der Waals surface area contributed by atoms with Gasteiger partial charge in [0.2, 0.25) is 0 Å². The van der Waals surface area contributed by atoms with Crippen LogP contribution in [-0.2, 0) is 22.4 Å². The van der Waals surface area contributed by atoms with Crippen LogP contribution in [0.25, 0.3) is 0 Å². The number of pyridine rings is 1. The van der Waals surface area contributed by atoms with Crippen LogP contribution in [0.1, 0.15) is 46.0 Å². The number of carbonyl (C=O) groups is 2. The Bertz CT molecular complexity index is 1780. The number of carbonyl (C=O) groups excluding carboxylic acids is 2. The van der Waals surface area contributed by atoms with Crippen LogP contribution in [0.15, 0.2) is 85.2 Å². The normalized spacial score (nSPS) is 18.7. The fourth-order valence-electron chi connectivity index (χ4n) is 6.47. The number of rotatable bonds is 11. The average molecular weight is 707 g/mol. The Kier molecular flexibility index (Phi) is 10.8. The molecule has 0 spiro atoms. The molecule has 10 nitrogen and oxygen atoms in total. The monoisotopic (exact) mass is 705 g/mol. The Balaban J connectivity index is 1.25. The van der Waals surface area contributed by atoms with Gasteiger partial charge < -0.3 is 24.2 Å². The zero-order valence-electron chi connectivity index (χ0n) is 27.2. The van der Waals surface area contributed by atoms with E-state index in [0.29, 0.717) is 44.5 Å². The molecular weight excluding hydrogens is 669 g/mol. The number of hydrogen-bond donors (Lipinski definition) is 0. The summed E-state index contributed by atoms with van der Waals surface area (Å²) < 4.78 is 23.6. The number of piperidine rings is 3. The van der Waals surface area contributed by atoms with Gasteiger partial charge in [-0.3, -0.25) is 9.80 Å². The number of ether oxygens (including phenoxy) is 4. The van der Waals surface area contributed by atoms with Crippen LogP contribution >= 0.6 is 23.2 Å². The first-order chi connectivity index (χ1) is 23.7. The van der Waals surface area contributed by atoms with Gasteiger partial charge in [-0.2, -0.15) is 4.73 Å². The molecular formula is C37H37Cl2N3O7. The summed E-state index contributed by atoms with van der Waals surface area (Å²) in [5.74, 6) is 0.703. The van der Waals surface area contributed by atoms with Crippen molar-refractivity contribution in [2.75, 3.05) is 38.8 Å². The fraction of sp³-hybridized carbons (Fsp3) is 0.324. The predicted molar refractivity (Wildman–Crippen MR) is 185 cm³/mol. The van der Waals surface area contributed by atoms with Crippen LogP contribution in [0.3, 0.4) is 0 Å². The van der Waals surface area contributed by atoms with Gasteiger partial charge in [0.25, 0.3) is 0 Å². The van der Waals surface area contributed by atoms with Gasteiger partial charge in [-0.05, 0) is 79.4 Å². The third-order valence-electron chi connectivity index (χ3n) is 9.12. The van der Waals surface area contributed by atoms with E-state index >= 15 is 0 Å². The summed E-state index contributed by atoms with van der Waals surface area (Å²) in [6.07, 6.45) is 3.07. The Morgan fingerprint density at radius 2 is 1.65 bits per heavy atom. The van der Waals surface area contributed by atoms with Crippen molar-refractivity contribution in [2.24, 2.45) is 5.92 Å². The van der Waals surface area contributed by atoms with Crippen molar-refractivity contribution >= 4 is 41.0 Å². The number of fused-ring (bicyclic) bond motifs is 3. The fourth-order valence-corrected chi connectivity index (χ4v) is 7.07. The second-order valence-electron chi connectivity index (χ2n) is 12.2. The maximum Gasteiger partial charge on any atom is 0.414 e. The van der Waals surface area contributed by atoms with Crippen molar-refractivity contribution in [2.45, 2.75) is 38.0 Å². The standard InChI is InChI=1S/C37H37Cl2N3O7/c1-46-32-12-11-26(18-34(32)47-2)33(19-29-30(38)21-41(45)22-31(29)39)48-36(43)27-8-6-7-24(17-27)20-42(28-9-4-3-5-10-28)37(44)49-35-23-40-15-13-25(35)14-16-40/h3-12,17-18,21-22,25,33,35H,13-16,19-20,23H2,1-2H3/t33-,35+/m1/s1. The van der Waals surface area contributed by atoms with Gasteiger partial charge in [0.05, 0.1) is 26.3 Å². The Hall–Kier alpha value is -4.51. The Morgan fingerprint density at radius 3 is 2.31 bits per heavy atom. The highest BCUT2D eigenvalue weighted by atomic mass is 35.5. The van der Waals surface area contributed by atoms with Crippen molar-refractivity contribution in [1.29, 1.82) is 0 Å². The van der Waals surface area contributed by atoms with E-state index in [0.717, 1.165) is 32.5 Å². The highest BCUT2D eigenvalue weighted by molar-refractivity contribution is 6.35. The summed E-state index contributed by atoms with van der Waals surface area (Å²) in [4.78, 5) is 31.4. The quantitative estimate of drug-likeness (QED) is 0.0932. The molecule has 0 aliphatic carbocycles. The molecule has 2 bridgehead atoms. The maximum absolute atomic E-state index is 13.8. The van der Waals surface area contributed by atoms with Crippen LogP contribution in [0, 0.1) is 11.1 Å². The molecule has 0 N–H and O–H groups in total. The number of nitrogens with zero attached hydrogens (tertiary/aromatic N) is 3. The number of halogens is 2. The third-order valence-corrected chi connectivity index (χ3v) is 9.77. The minimum Gasteiger partial charge on any atom is -0.619 e.